The second-order valence-corrected chi connectivity index (χ2v) is 19.9. The first-order valence-corrected chi connectivity index (χ1v) is 29.9. The lowest BCUT2D eigenvalue weighted by Gasteiger charge is -2.18. The lowest BCUT2D eigenvalue weighted by molar-refractivity contribution is -0.167. The molecule has 0 aromatic carbocycles. The van der Waals surface area contributed by atoms with Gasteiger partial charge in [-0.1, -0.05) is 280 Å². The van der Waals surface area contributed by atoms with Crippen molar-refractivity contribution in [3.63, 3.8) is 0 Å². The van der Waals surface area contributed by atoms with Gasteiger partial charge in [0.25, 0.3) is 0 Å². The van der Waals surface area contributed by atoms with E-state index in [1.807, 2.05) is 0 Å². The number of carbonyl (C=O) groups is 3. The molecular formula is C64H112O6. The van der Waals surface area contributed by atoms with Crippen LogP contribution in [0.1, 0.15) is 297 Å². The van der Waals surface area contributed by atoms with Crippen LogP contribution in [0.2, 0.25) is 0 Å². The Morgan fingerprint density at radius 1 is 0.300 bits per heavy atom. The number of hydrogen-bond donors (Lipinski definition) is 0. The van der Waals surface area contributed by atoms with Crippen LogP contribution < -0.4 is 0 Å². The van der Waals surface area contributed by atoms with E-state index < -0.39 is 6.10 Å². The van der Waals surface area contributed by atoms with Crippen LogP contribution >= 0.6 is 0 Å². The molecule has 70 heavy (non-hydrogen) atoms. The highest BCUT2D eigenvalue weighted by Gasteiger charge is 2.19. The van der Waals surface area contributed by atoms with E-state index in [9.17, 15) is 14.4 Å². The van der Waals surface area contributed by atoms with Crippen molar-refractivity contribution in [2.45, 2.75) is 303 Å². The zero-order valence-electron chi connectivity index (χ0n) is 46.3. The van der Waals surface area contributed by atoms with E-state index in [1.165, 1.54) is 161 Å². The Bertz CT molecular complexity index is 1310. The van der Waals surface area contributed by atoms with Crippen LogP contribution in [0.5, 0.6) is 0 Å². The molecule has 0 aliphatic rings. The summed E-state index contributed by atoms with van der Waals surface area (Å²) in [6, 6.07) is 0. The molecule has 0 rings (SSSR count). The molecule has 1 atom stereocenters. The highest BCUT2D eigenvalue weighted by Crippen LogP contribution is 2.16. The lowest BCUT2D eigenvalue weighted by atomic mass is 10.0. The van der Waals surface area contributed by atoms with Gasteiger partial charge in [-0.2, -0.15) is 0 Å². The summed E-state index contributed by atoms with van der Waals surface area (Å²) in [6.45, 7) is 6.52. The summed E-state index contributed by atoms with van der Waals surface area (Å²) in [6.07, 6.45) is 74.9. The van der Waals surface area contributed by atoms with E-state index in [0.29, 0.717) is 19.3 Å². The number of unbranched alkanes of at least 4 members (excludes halogenated alkanes) is 31. The van der Waals surface area contributed by atoms with E-state index in [1.54, 1.807) is 0 Å². The second kappa shape index (κ2) is 58.4. The highest BCUT2D eigenvalue weighted by molar-refractivity contribution is 5.71. The van der Waals surface area contributed by atoms with Gasteiger partial charge in [-0.25, -0.2) is 0 Å². The van der Waals surface area contributed by atoms with Crippen molar-refractivity contribution in [3.8, 4) is 0 Å². The Morgan fingerprint density at radius 2 is 0.557 bits per heavy atom. The van der Waals surface area contributed by atoms with Crippen LogP contribution in [0.4, 0.5) is 0 Å². The van der Waals surface area contributed by atoms with Crippen molar-refractivity contribution < 1.29 is 28.6 Å². The van der Waals surface area contributed by atoms with E-state index in [-0.39, 0.29) is 31.1 Å². The number of carbonyl (C=O) groups excluding carboxylic acids is 3. The molecule has 6 nitrogen and oxygen atoms in total. The van der Waals surface area contributed by atoms with Gasteiger partial charge in [-0.15, -0.1) is 0 Å². The zero-order chi connectivity index (χ0) is 50.7. The molecule has 0 radical (unpaired) electrons. The number of ether oxygens (including phenoxy) is 3. The molecule has 1 unspecified atom stereocenters. The van der Waals surface area contributed by atoms with Crippen molar-refractivity contribution in [1.29, 1.82) is 0 Å². The van der Waals surface area contributed by atoms with Crippen LogP contribution in [0, 0.1) is 0 Å². The average molecular weight is 978 g/mol. The summed E-state index contributed by atoms with van der Waals surface area (Å²) in [7, 11) is 0. The van der Waals surface area contributed by atoms with Crippen molar-refractivity contribution >= 4 is 17.9 Å². The van der Waals surface area contributed by atoms with Gasteiger partial charge in [0.1, 0.15) is 13.2 Å². The third kappa shape index (κ3) is 55.8. The molecule has 0 aliphatic heterocycles. The summed E-state index contributed by atoms with van der Waals surface area (Å²) in [4.78, 5) is 38.0. The summed E-state index contributed by atoms with van der Waals surface area (Å²) in [5, 5.41) is 0. The molecule has 0 amide bonds. The van der Waals surface area contributed by atoms with Crippen LogP contribution in [-0.4, -0.2) is 37.2 Å². The Morgan fingerprint density at radius 3 is 0.871 bits per heavy atom. The topological polar surface area (TPSA) is 78.9 Å². The fourth-order valence-corrected chi connectivity index (χ4v) is 8.51. The molecule has 0 aliphatic carbocycles. The molecule has 0 bridgehead atoms. The summed E-state index contributed by atoms with van der Waals surface area (Å²) in [5.74, 6) is -0.865. The number of allylic oxidation sites excluding steroid dienone is 12. The Hall–Kier alpha value is -3.15. The SMILES string of the molecule is CC/C=C\C/C=C\C/C=C\C/C=C\C/C=C\C/C=C\CCCCCCCCCCCCCCC(=O)OCC(COC(=O)CCCCCCCCCCC)OC(=O)CCCCCCCCCCCCCC. The van der Waals surface area contributed by atoms with Crippen molar-refractivity contribution in [1.82, 2.24) is 0 Å². The first-order valence-electron chi connectivity index (χ1n) is 29.9. The number of rotatable bonds is 54. The predicted octanol–water partition coefficient (Wildman–Crippen LogP) is 20.2. The van der Waals surface area contributed by atoms with E-state index in [4.69, 9.17) is 14.2 Å². The Kier molecular flexibility index (Phi) is 55.8. The molecule has 0 aromatic heterocycles. The first kappa shape index (κ1) is 66.9. The molecule has 0 saturated heterocycles. The first-order chi connectivity index (χ1) is 34.5. The summed E-state index contributed by atoms with van der Waals surface area (Å²) < 4.78 is 16.8. The van der Waals surface area contributed by atoms with Crippen molar-refractivity contribution in [2.24, 2.45) is 0 Å². The van der Waals surface area contributed by atoms with Crippen LogP contribution in [0.3, 0.4) is 0 Å². The molecule has 0 fully saturated rings. The Balaban J connectivity index is 4.09. The van der Waals surface area contributed by atoms with Crippen molar-refractivity contribution in [2.75, 3.05) is 13.2 Å². The van der Waals surface area contributed by atoms with Gasteiger partial charge >= 0.3 is 17.9 Å². The van der Waals surface area contributed by atoms with Crippen molar-refractivity contribution in [3.05, 3.63) is 72.9 Å². The number of hydrogen-bond acceptors (Lipinski definition) is 6. The zero-order valence-corrected chi connectivity index (χ0v) is 46.3. The molecular weight excluding hydrogens is 865 g/mol. The van der Waals surface area contributed by atoms with Gasteiger partial charge in [0.05, 0.1) is 0 Å². The molecule has 0 heterocycles. The van der Waals surface area contributed by atoms with Crippen LogP contribution in [0.15, 0.2) is 72.9 Å². The molecule has 6 heteroatoms. The van der Waals surface area contributed by atoms with E-state index in [0.717, 1.165) is 96.3 Å². The fourth-order valence-electron chi connectivity index (χ4n) is 8.51. The minimum absolute atomic E-state index is 0.0706. The molecule has 404 valence electrons. The van der Waals surface area contributed by atoms with Gasteiger partial charge < -0.3 is 14.2 Å². The maximum atomic E-state index is 12.8. The average Bonchev–Trinajstić information content (AvgIpc) is 3.36. The quantitative estimate of drug-likeness (QED) is 0.0261. The van der Waals surface area contributed by atoms with Gasteiger partial charge in [0.15, 0.2) is 6.10 Å². The second-order valence-electron chi connectivity index (χ2n) is 19.9. The third-order valence-corrected chi connectivity index (χ3v) is 13.0. The minimum atomic E-state index is -0.769. The standard InChI is InChI=1S/C64H112O6/c1-4-7-10-13-16-19-21-23-24-25-26-27-28-29-30-31-32-33-34-35-36-37-38-39-40-41-43-45-48-51-54-57-63(66)69-60-61(59-68-62(65)56-53-50-47-44-18-15-12-9-6-3)70-64(67)58-55-52-49-46-42-22-20-17-14-11-8-5-2/h7,10,16,19,23-24,26-27,29-30,32-33,61H,4-6,8-9,11-15,17-18,20-22,25,28,31,34-60H2,1-3H3/b10-7-,19-16-,24-23-,27-26-,30-29-,33-32-. The van der Waals surface area contributed by atoms with Gasteiger partial charge in [-0.05, 0) is 70.6 Å². The molecule has 0 aromatic rings. The van der Waals surface area contributed by atoms with Gasteiger partial charge in [-0.3, -0.25) is 14.4 Å². The lowest BCUT2D eigenvalue weighted by Crippen LogP contribution is -2.30. The van der Waals surface area contributed by atoms with E-state index in [2.05, 4.69) is 93.7 Å². The van der Waals surface area contributed by atoms with E-state index >= 15 is 0 Å². The molecule has 0 saturated carbocycles. The Labute approximate surface area is 433 Å². The smallest absolute Gasteiger partial charge is 0.306 e. The normalized spacial score (nSPS) is 12.6. The van der Waals surface area contributed by atoms with Gasteiger partial charge in [0.2, 0.25) is 0 Å². The largest absolute Gasteiger partial charge is 0.462 e. The van der Waals surface area contributed by atoms with Gasteiger partial charge in [0, 0.05) is 19.3 Å². The molecule has 0 N–H and O–H groups in total. The predicted molar refractivity (Wildman–Crippen MR) is 302 cm³/mol. The van der Waals surface area contributed by atoms with Crippen LogP contribution in [0.25, 0.3) is 0 Å². The molecule has 0 spiro atoms. The summed E-state index contributed by atoms with van der Waals surface area (Å²) >= 11 is 0. The number of esters is 3. The third-order valence-electron chi connectivity index (χ3n) is 13.0. The van der Waals surface area contributed by atoms with Crippen LogP contribution in [-0.2, 0) is 28.6 Å². The highest BCUT2D eigenvalue weighted by atomic mass is 16.6. The monoisotopic (exact) mass is 977 g/mol. The minimum Gasteiger partial charge on any atom is -0.462 e. The maximum absolute atomic E-state index is 12.8. The maximum Gasteiger partial charge on any atom is 0.306 e. The summed E-state index contributed by atoms with van der Waals surface area (Å²) in [5.41, 5.74) is 0. The fraction of sp³-hybridized carbons (Fsp3) is 0.766.